The van der Waals surface area contributed by atoms with Crippen LogP contribution in [-0.2, 0) is 25.5 Å². The number of aromatic nitrogens is 1. The van der Waals surface area contributed by atoms with Gasteiger partial charge in [-0.3, -0.25) is 29.5 Å². The zero-order chi connectivity index (χ0) is 27.5. The van der Waals surface area contributed by atoms with Crippen molar-refractivity contribution in [2.24, 2.45) is 5.41 Å². The second-order valence-corrected chi connectivity index (χ2v) is 10.8. The second kappa shape index (κ2) is 11.5. The van der Waals surface area contributed by atoms with Gasteiger partial charge in [-0.1, -0.05) is 61.5 Å². The van der Waals surface area contributed by atoms with Gasteiger partial charge in [0.2, 0.25) is 11.6 Å². The number of nitrogens with zero attached hydrogens (tertiary/aromatic N) is 1. The molecule has 1 amide bonds. The normalized spacial score (nSPS) is 19.9. The number of pyridine rings is 1. The zero-order valence-corrected chi connectivity index (χ0v) is 23.0. The molecular weight excluding hydrogens is 529 g/mol. The molecule has 0 aliphatic heterocycles. The van der Waals surface area contributed by atoms with Crippen LogP contribution in [0.1, 0.15) is 68.3 Å². The van der Waals surface area contributed by atoms with E-state index in [0.29, 0.717) is 24.9 Å². The highest BCUT2D eigenvalue weighted by atomic mass is 35.5. The van der Waals surface area contributed by atoms with E-state index in [1.54, 1.807) is 31.2 Å². The molecule has 8 nitrogen and oxygen atoms in total. The number of rotatable bonds is 9. The zero-order valence-electron chi connectivity index (χ0n) is 21.4. The Morgan fingerprint density at radius 2 is 1.68 bits per heavy atom. The molecule has 2 saturated carbocycles. The maximum atomic E-state index is 13.3. The van der Waals surface area contributed by atoms with Crippen LogP contribution in [0.2, 0.25) is 10.0 Å². The van der Waals surface area contributed by atoms with Gasteiger partial charge < -0.3 is 10.1 Å². The average Bonchev–Trinajstić information content (AvgIpc) is 2.92. The quantitative estimate of drug-likeness (QED) is 0.329. The van der Waals surface area contributed by atoms with E-state index in [9.17, 15) is 19.2 Å². The van der Waals surface area contributed by atoms with Crippen LogP contribution in [0.25, 0.3) is 0 Å². The SMILES string of the molecule is CCOC(=O)[C@](CC)(Cc1ccc(NC(=O)c2c(Cl)cncc2Cl)cc1)NC1C(=O)C(=O)C12CCCCC2. The summed E-state index contributed by atoms with van der Waals surface area (Å²) in [7, 11) is 0. The van der Waals surface area contributed by atoms with E-state index in [2.05, 4.69) is 15.6 Å². The maximum Gasteiger partial charge on any atom is 0.326 e. The van der Waals surface area contributed by atoms with Crippen LogP contribution in [0.15, 0.2) is 36.7 Å². The second-order valence-electron chi connectivity index (χ2n) is 9.95. The van der Waals surface area contributed by atoms with Crippen LogP contribution in [0.3, 0.4) is 0 Å². The van der Waals surface area contributed by atoms with E-state index in [1.807, 2.05) is 6.92 Å². The fourth-order valence-corrected chi connectivity index (χ4v) is 6.09. The maximum absolute atomic E-state index is 13.3. The number of hydrogen-bond acceptors (Lipinski definition) is 7. The summed E-state index contributed by atoms with van der Waals surface area (Å²) in [6, 6.07) is 6.31. The summed E-state index contributed by atoms with van der Waals surface area (Å²) in [6.45, 7) is 3.78. The van der Waals surface area contributed by atoms with Crippen molar-refractivity contribution in [2.45, 2.75) is 70.4 Å². The van der Waals surface area contributed by atoms with Crippen LogP contribution in [-0.4, -0.2) is 46.6 Å². The number of benzene rings is 1. The number of hydrogen-bond donors (Lipinski definition) is 2. The van der Waals surface area contributed by atoms with Gasteiger partial charge in [-0.2, -0.15) is 0 Å². The van der Waals surface area contributed by atoms with Crippen LogP contribution >= 0.6 is 23.2 Å². The van der Waals surface area contributed by atoms with Gasteiger partial charge in [0, 0.05) is 24.5 Å². The molecule has 1 spiro atoms. The summed E-state index contributed by atoms with van der Waals surface area (Å²) in [5.41, 5.74) is -0.493. The molecule has 2 N–H and O–H groups in total. The minimum atomic E-state index is -1.19. The molecule has 10 heteroatoms. The first-order valence-corrected chi connectivity index (χ1v) is 13.7. The van der Waals surface area contributed by atoms with E-state index < -0.39 is 34.7 Å². The van der Waals surface area contributed by atoms with Crippen molar-refractivity contribution in [1.29, 1.82) is 0 Å². The molecule has 1 unspecified atom stereocenters. The Bertz CT molecular complexity index is 1220. The van der Waals surface area contributed by atoms with Crippen LogP contribution in [0.5, 0.6) is 0 Å². The van der Waals surface area contributed by atoms with Gasteiger partial charge in [-0.25, -0.2) is 0 Å². The van der Waals surface area contributed by atoms with Crippen molar-refractivity contribution in [1.82, 2.24) is 10.3 Å². The molecule has 0 bridgehead atoms. The first-order valence-electron chi connectivity index (χ1n) is 12.9. The molecule has 38 heavy (non-hydrogen) atoms. The lowest BCUT2D eigenvalue weighted by atomic mass is 9.55. The minimum Gasteiger partial charge on any atom is -0.465 e. The highest BCUT2D eigenvalue weighted by molar-refractivity contribution is 6.49. The molecule has 2 aromatic rings. The average molecular weight is 560 g/mol. The van der Waals surface area contributed by atoms with Crippen LogP contribution in [0, 0.1) is 5.41 Å². The van der Waals surface area contributed by atoms with Gasteiger partial charge in [0.15, 0.2) is 0 Å². The number of amides is 1. The van der Waals surface area contributed by atoms with Gasteiger partial charge in [0.25, 0.3) is 5.91 Å². The molecule has 2 atom stereocenters. The molecular formula is C28H31Cl2N3O5. The third-order valence-corrected chi connectivity index (χ3v) is 8.30. The van der Waals surface area contributed by atoms with E-state index in [-0.39, 0.29) is 34.4 Å². The summed E-state index contributed by atoms with van der Waals surface area (Å²) in [5, 5.41) is 6.36. The monoisotopic (exact) mass is 559 g/mol. The summed E-state index contributed by atoms with van der Waals surface area (Å²) < 4.78 is 5.44. The smallest absolute Gasteiger partial charge is 0.326 e. The summed E-state index contributed by atoms with van der Waals surface area (Å²) in [5.74, 6) is -1.71. The number of ether oxygens (including phenoxy) is 1. The highest BCUT2D eigenvalue weighted by Gasteiger charge is 2.63. The predicted molar refractivity (Wildman–Crippen MR) is 144 cm³/mol. The van der Waals surface area contributed by atoms with Gasteiger partial charge in [-0.15, -0.1) is 0 Å². The Hall–Kier alpha value is -2.81. The molecule has 2 aliphatic carbocycles. The van der Waals surface area contributed by atoms with Crippen LogP contribution in [0.4, 0.5) is 5.69 Å². The topological polar surface area (TPSA) is 114 Å². The molecule has 1 aromatic heterocycles. The van der Waals surface area contributed by atoms with Gasteiger partial charge in [0.05, 0.1) is 33.7 Å². The third-order valence-electron chi connectivity index (χ3n) is 7.73. The Labute approximate surface area is 231 Å². The highest BCUT2D eigenvalue weighted by Crippen LogP contribution is 2.48. The van der Waals surface area contributed by atoms with Crippen LogP contribution < -0.4 is 10.6 Å². The number of carbonyl (C=O) groups excluding carboxylic acids is 4. The Morgan fingerprint density at radius 1 is 1.05 bits per heavy atom. The van der Waals surface area contributed by atoms with E-state index >= 15 is 0 Å². The van der Waals surface area contributed by atoms with E-state index in [0.717, 1.165) is 24.8 Å². The molecule has 4 rings (SSSR count). The van der Waals surface area contributed by atoms with Crippen molar-refractivity contribution >= 4 is 52.3 Å². The number of ketones is 2. The number of Topliss-reactive ketones (excluding diaryl/α,β-unsaturated/α-hetero) is 2. The minimum absolute atomic E-state index is 0.125. The number of anilines is 1. The lowest BCUT2D eigenvalue weighted by molar-refractivity contribution is -0.165. The van der Waals surface area contributed by atoms with Crippen molar-refractivity contribution in [3.8, 4) is 0 Å². The first kappa shape index (κ1) is 28.2. The van der Waals surface area contributed by atoms with Crippen molar-refractivity contribution < 1.29 is 23.9 Å². The standard InChI is InChI=1S/C28H31Cl2N3O5/c1-3-28(26(37)38-4-2,33-23-22(34)24(35)27(23)12-6-5-7-13-27)14-17-8-10-18(11-9-17)32-25(36)21-19(29)15-31-16-20(21)30/h8-11,15-16,23,33H,3-7,12-14H2,1-2H3,(H,32,36)/t23?,28-/m0/s1. The lowest BCUT2D eigenvalue weighted by Gasteiger charge is -2.51. The Balaban J connectivity index is 1.55. The van der Waals surface area contributed by atoms with E-state index in [4.69, 9.17) is 27.9 Å². The largest absolute Gasteiger partial charge is 0.465 e. The van der Waals surface area contributed by atoms with E-state index in [1.165, 1.54) is 12.4 Å². The first-order chi connectivity index (χ1) is 18.2. The summed E-state index contributed by atoms with van der Waals surface area (Å²) in [6.07, 6.45) is 7.40. The van der Waals surface area contributed by atoms with Gasteiger partial charge in [-0.05, 0) is 43.9 Å². The number of halogens is 2. The number of nitrogens with one attached hydrogen (secondary N) is 2. The molecule has 1 heterocycles. The summed E-state index contributed by atoms with van der Waals surface area (Å²) >= 11 is 12.2. The fraction of sp³-hybridized carbons (Fsp3) is 0.464. The number of carbonyl (C=O) groups is 4. The summed E-state index contributed by atoms with van der Waals surface area (Å²) in [4.78, 5) is 55.3. The van der Waals surface area contributed by atoms with Gasteiger partial charge >= 0.3 is 5.97 Å². The fourth-order valence-electron chi connectivity index (χ4n) is 5.56. The molecule has 2 fully saturated rings. The van der Waals surface area contributed by atoms with Crippen molar-refractivity contribution in [3.05, 3.63) is 57.8 Å². The molecule has 0 saturated heterocycles. The van der Waals surface area contributed by atoms with Crippen molar-refractivity contribution in [3.63, 3.8) is 0 Å². The molecule has 0 radical (unpaired) electrons. The molecule has 1 aromatic carbocycles. The Morgan fingerprint density at radius 3 is 2.26 bits per heavy atom. The predicted octanol–water partition coefficient (Wildman–Crippen LogP) is 4.96. The van der Waals surface area contributed by atoms with Gasteiger partial charge in [0.1, 0.15) is 5.54 Å². The third kappa shape index (κ3) is 5.22. The Kier molecular flexibility index (Phi) is 8.55. The molecule has 202 valence electrons. The lowest BCUT2D eigenvalue weighted by Crippen LogP contribution is -2.74. The van der Waals surface area contributed by atoms with Crippen molar-refractivity contribution in [2.75, 3.05) is 11.9 Å². The molecule has 2 aliphatic rings. The number of esters is 1.